The zero-order chi connectivity index (χ0) is 23.2. The topological polar surface area (TPSA) is 46.6 Å². The Morgan fingerprint density at radius 1 is 1.00 bits per heavy atom. The molecule has 2 aliphatic heterocycles. The van der Waals surface area contributed by atoms with E-state index in [4.69, 9.17) is 4.74 Å². The summed E-state index contributed by atoms with van der Waals surface area (Å²) in [6.07, 6.45) is 4.71. The predicted molar refractivity (Wildman–Crippen MR) is 128 cm³/mol. The number of ether oxygens (including phenoxy) is 1. The Morgan fingerprint density at radius 2 is 1.71 bits per heavy atom. The van der Waals surface area contributed by atoms with E-state index in [9.17, 15) is 14.0 Å². The maximum absolute atomic E-state index is 14.1. The van der Waals surface area contributed by atoms with Gasteiger partial charge in [0.25, 0.3) is 0 Å². The Bertz CT molecular complexity index is 1280. The molecule has 34 heavy (non-hydrogen) atoms. The van der Waals surface area contributed by atoms with E-state index in [-0.39, 0.29) is 29.7 Å². The molecule has 0 radical (unpaired) electrons. The average molecular weight is 454 g/mol. The van der Waals surface area contributed by atoms with Gasteiger partial charge in [0.15, 0.2) is 6.29 Å². The highest BCUT2D eigenvalue weighted by Gasteiger charge is 2.41. The Morgan fingerprint density at radius 3 is 2.35 bits per heavy atom. The van der Waals surface area contributed by atoms with Crippen molar-refractivity contribution >= 4 is 18.0 Å². The number of hydrogen-bond donors (Lipinski definition) is 0. The van der Waals surface area contributed by atoms with Gasteiger partial charge in [0.05, 0.1) is 11.6 Å². The van der Waals surface area contributed by atoms with Crippen LogP contribution in [0, 0.1) is 5.82 Å². The summed E-state index contributed by atoms with van der Waals surface area (Å²) in [6, 6.07) is 21.3. The molecule has 3 aromatic rings. The maximum atomic E-state index is 14.1. The third-order valence-electron chi connectivity index (χ3n) is 7.44. The summed E-state index contributed by atoms with van der Waals surface area (Å²) >= 11 is 0. The second-order valence-electron chi connectivity index (χ2n) is 9.26. The lowest BCUT2D eigenvalue weighted by Gasteiger charge is -2.33. The molecule has 0 spiro atoms. The van der Waals surface area contributed by atoms with Crippen molar-refractivity contribution in [1.82, 2.24) is 4.90 Å². The van der Waals surface area contributed by atoms with Crippen LogP contribution < -0.4 is 0 Å². The molecule has 2 atom stereocenters. The van der Waals surface area contributed by atoms with Gasteiger partial charge in [-0.1, -0.05) is 60.7 Å². The quantitative estimate of drug-likeness (QED) is 0.442. The molecule has 3 aliphatic rings. The molecule has 5 heteroatoms. The maximum Gasteiger partial charge on any atom is 0.410 e. The average Bonchev–Trinajstić information content (AvgIpc) is 3.33. The van der Waals surface area contributed by atoms with E-state index in [1.807, 2.05) is 29.2 Å². The molecule has 3 aromatic carbocycles. The van der Waals surface area contributed by atoms with E-state index in [0.717, 1.165) is 24.0 Å². The van der Waals surface area contributed by atoms with Crippen LogP contribution in [0.2, 0.25) is 0 Å². The number of carbonyl (C=O) groups excluding carboxylic acids is 2. The fraction of sp³-hybridized carbons (Fsp3) is 0.241. The molecule has 2 bridgehead atoms. The Hall–Kier alpha value is -3.73. The first-order valence-electron chi connectivity index (χ1n) is 11.7. The first kappa shape index (κ1) is 20.8. The van der Waals surface area contributed by atoms with E-state index in [2.05, 4.69) is 30.3 Å². The Balaban J connectivity index is 1.20. The van der Waals surface area contributed by atoms with Crippen molar-refractivity contribution in [1.29, 1.82) is 0 Å². The van der Waals surface area contributed by atoms with Crippen molar-refractivity contribution in [3.8, 4) is 11.1 Å². The number of aldehydes is 1. The van der Waals surface area contributed by atoms with E-state index in [1.165, 1.54) is 34.4 Å². The lowest BCUT2D eigenvalue weighted by molar-refractivity contribution is 0.0866. The molecular formula is C29H24FNO3. The number of fused-ring (bicyclic) bond motifs is 5. The van der Waals surface area contributed by atoms with E-state index in [0.29, 0.717) is 19.3 Å². The van der Waals surface area contributed by atoms with Crippen LogP contribution in [0.1, 0.15) is 52.2 Å². The van der Waals surface area contributed by atoms with E-state index in [1.54, 1.807) is 6.07 Å². The first-order valence-corrected chi connectivity index (χ1v) is 11.7. The monoisotopic (exact) mass is 453 g/mol. The predicted octanol–water partition coefficient (Wildman–Crippen LogP) is 6.21. The SMILES string of the molecule is O=Cc1ccc(C2=CC3CCC(C2)N3C(=O)OCC2c3ccccc3-c3ccccc32)cc1F. The van der Waals surface area contributed by atoms with Crippen LogP contribution in [-0.4, -0.2) is 36.0 Å². The standard InChI is InChI=1S/C29H24FNO3/c30-28-15-18(9-10-19(28)16-32)20-13-21-11-12-22(14-20)31(21)29(33)34-17-27-25-7-3-1-5-23(25)24-6-2-4-8-26(24)27/h1-10,13,15-16,21-22,27H,11-12,14,17H2. The molecule has 1 aliphatic carbocycles. The van der Waals surface area contributed by atoms with Gasteiger partial charge in [-0.25, -0.2) is 9.18 Å². The summed E-state index contributed by atoms with van der Waals surface area (Å²) in [5, 5.41) is 0. The van der Waals surface area contributed by atoms with Gasteiger partial charge in [-0.2, -0.15) is 0 Å². The summed E-state index contributed by atoms with van der Waals surface area (Å²) in [4.78, 5) is 26.0. The van der Waals surface area contributed by atoms with Crippen molar-refractivity contribution in [3.05, 3.63) is 101 Å². The summed E-state index contributed by atoms with van der Waals surface area (Å²) < 4.78 is 20.0. The van der Waals surface area contributed by atoms with Crippen molar-refractivity contribution in [3.63, 3.8) is 0 Å². The normalized spacial score (nSPS) is 20.5. The van der Waals surface area contributed by atoms with Crippen LogP contribution in [0.15, 0.2) is 72.8 Å². The van der Waals surface area contributed by atoms with Crippen molar-refractivity contribution < 1.29 is 18.7 Å². The van der Waals surface area contributed by atoms with Crippen LogP contribution in [-0.2, 0) is 4.74 Å². The Kier molecular flexibility index (Phi) is 5.05. The van der Waals surface area contributed by atoms with Gasteiger partial charge in [-0.15, -0.1) is 0 Å². The smallest absolute Gasteiger partial charge is 0.410 e. The molecular weight excluding hydrogens is 429 g/mol. The van der Waals surface area contributed by atoms with Crippen LogP contribution in [0.3, 0.4) is 0 Å². The summed E-state index contributed by atoms with van der Waals surface area (Å²) in [5.41, 5.74) is 6.65. The van der Waals surface area contributed by atoms with Crippen molar-refractivity contribution in [2.45, 2.75) is 37.3 Å². The molecule has 0 saturated carbocycles. The first-order chi connectivity index (χ1) is 16.6. The summed E-state index contributed by atoms with van der Waals surface area (Å²) in [6.45, 7) is 0.303. The second kappa shape index (κ2) is 8.24. The number of rotatable bonds is 4. The van der Waals surface area contributed by atoms with Crippen LogP contribution in [0.25, 0.3) is 16.7 Å². The van der Waals surface area contributed by atoms with Gasteiger partial charge in [0.1, 0.15) is 12.4 Å². The number of hydrogen-bond acceptors (Lipinski definition) is 3. The van der Waals surface area contributed by atoms with Crippen LogP contribution in [0.5, 0.6) is 0 Å². The molecule has 170 valence electrons. The number of benzene rings is 3. The largest absolute Gasteiger partial charge is 0.448 e. The number of nitrogens with zero attached hydrogens (tertiary/aromatic N) is 1. The van der Waals surface area contributed by atoms with Crippen LogP contribution >= 0.6 is 0 Å². The number of carbonyl (C=O) groups is 2. The third-order valence-corrected chi connectivity index (χ3v) is 7.44. The van der Waals surface area contributed by atoms with Crippen LogP contribution in [0.4, 0.5) is 9.18 Å². The highest BCUT2D eigenvalue weighted by Crippen LogP contribution is 2.45. The minimum absolute atomic E-state index is 0.0317. The Labute approximate surface area is 197 Å². The molecule has 1 fully saturated rings. The van der Waals surface area contributed by atoms with Crippen molar-refractivity contribution in [2.24, 2.45) is 0 Å². The second-order valence-corrected chi connectivity index (χ2v) is 9.26. The molecule has 4 nitrogen and oxygen atoms in total. The van der Waals surface area contributed by atoms with Gasteiger partial charge < -0.3 is 4.74 Å². The minimum Gasteiger partial charge on any atom is -0.448 e. The van der Waals surface area contributed by atoms with Gasteiger partial charge in [-0.05, 0) is 64.8 Å². The lowest BCUT2D eigenvalue weighted by atomic mass is 9.94. The van der Waals surface area contributed by atoms with E-state index < -0.39 is 5.82 Å². The minimum atomic E-state index is -0.514. The lowest BCUT2D eigenvalue weighted by Crippen LogP contribution is -2.43. The van der Waals surface area contributed by atoms with Gasteiger partial charge in [-0.3, -0.25) is 9.69 Å². The summed E-state index contributed by atoms with van der Waals surface area (Å²) in [5.74, 6) is -0.482. The summed E-state index contributed by atoms with van der Waals surface area (Å²) in [7, 11) is 0. The van der Waals surface area contributed by atoms with Gasteiger partial charge >= 0.3 is 6.09 Å². The van der Waals surface area contributed by atoms with Gasteiger partial charge in [0.2, 0.25) is 0 Å². The zero-order valence-corrected chi connectivity index (χ0v) is 18.6. The highest BCUT2D eigenvalue weighted by molar-refractivity contribution is 5.80. The van der Waals surface area contributed by atoms with Crippen molar-refractivity contribution in [2.75, 3.05) is 6.61 Å². The molecule has 1 amide bonds. The fourth-order valence-electron chi connectivity index (χ4n) is 5.82. The van der Waals surface area contributed by atoms with E-state index >= 15 is 0 Å². The number of halogens is 1. The molecule has 6 rings (SSSR count). The molecule has 2 unspecified atom stereocenters. The number of amides is 1. The van der Waals surface area contributed by atoms with Gasteiger partial charge in [0, 0.05) is 12.0 Å². The molecule has 0 aromatic heterocycles. The third kappa shape index (κ3) is 3.35. The molecule has 2 heterocycles. The molecule has 1 saturated heterocycles. The molecule has 0 N–H and O–H groups in total. The zero-order valence-electron chi connectivity index (χ0n) is 18.6. The highest BCUT2D eigenvalue weighted by atomic mass is 19.1. The fourth-order valence-corrected chi connectivity index (χ4v) is 5.82.